The molecule has 1 N–H and O–H groups in total. The number of esters is 1. The summed E-state index contributed by atoms with van der Waals surface area (Å²) in [6.07, 6.45) is 6.47. The van der Waals surface area contributed by atoms with E-state index in [0.29, 0.717) is 43.3 Å². The average Bonchev–Trinajstić information content (AvgIpc) is 3.41. The molecule has 0 saturated carbocycles. The van der Waals surface area contributed by atoms with Gasteiger partial charge in [0.2, 0.25) is 15.9 Å². The number of allylic oxidation sites excluding steroid dienone is 1. The van der Waals surface area contributed by atoms with E-state index in [1.54, 1.807) is 12.1 Å². The molecule has 0 spiro atoms. The first-order chi connectivity index (χ1) is 16.8. The van der Waals surface area contributed by atoms with Gasteiger partial charge in [0.25, 0.3) is 0 Å². The second kappa shape index (κ2) is 11.3. The van der Waals surface area contributed by atoms with Gasteiger partial charge in [0, 0.05) is 30.1 Å². The fourth-order valence-electron chi connectivity index (χ4n) is 4.18. The van der Waals surface area contributed by atoms with Crippen LogP contribution in [0.5, 0.6) is 0 Å². The Morgan fingerprint density at radius 2 is 2.03 bits per heavy atom. The Morgan fingerprint density at radius 3 is 2.77 bits per heavy atom. The third kappa shape index (κ3) is 6.70. The minimum atomic E-state index is -3.69. The molecule has 0 bridgehead atoms. The minimum Gasteiger partial charge on any atom is -0.469 e. The zero-order chi connectivity index (χ0) is 24.8. The molecule has 1 aliphatic heterocycles. The Kier molecular flexibility index (Phi) is 8.22. The highest BCUT2D eigenvalue weighted by atomic mass is 35.5. The molecule has 4 rings (SSSR count). The molecular weight excluding hydrogens is 490 g/mol. The van der Waals surface area contributed by atoms with Gasteiger partial charge in [-0.25, -0.2) is 18.1 Å². The number of methoxy groups -OCH3 is 1. The summed E-state index contributed by atoms with van der Waals surface area (Å²) in [5, 5.41) is 0.478. The van der Waals surface area contributed by atoms with Gasteiger partial charge < -0.3 is 9.15 Å². The first-order valence-corrected chi connectivity index (χ1v) is 13.3. The van der Waals surface area contributed by atoms with E-state index in [1.165, 1.54) is 19.2 Å². The van der Waals surface area contributed by atoms with E-state index in [-0.39, 0.29) is 22.9 Å². The normalized spacial score (nSPS) is 19.0. The molecule has 2 atom stereocenters. The highest BCUT2D eigenvalue weighted by Gasteiger charge is 2.34. The van der Waals surface area contributed by atoms with Crippen LogP contribution in [0.1, 0.15) is 31.6 Å². The summed E-state index contributed by atoms with van der Waals surface area (Å²) >= 11 is 5.90. The lowest BCUT2D eigenvalue weighted by Crippen LogP contribution is -2.37. The SMILES string of the molecule is COC(=O)CCCC=C[C@@H]1C[C@@H](NS(=O)(=O)c2ccc(Cl)cc2)CN1Cc1nc2ccccc2o1. The molecule has 10 heteroatoms. The minimum absolute atomic E-state index is 0.0129. The van der Waals surface area contributed by atoms with E-state index in [2.05, 4.69) is 25.4 Å². The molecular formula is C25H28ClN3O5S. The maximum absolute atomic E-state index is 12.9. The molecule has 1 fully saturated rings. The lowest BCUT2D eigenvalue weighted by atomic mass is 10.1. The number of ether oxygens (including phenoxy) is 1. The van der Waals surface area contributed by atoms with Crippen LogP contribution in [0.2, 0.25) is 5.02 Å². The Morgan fingerprint density at radius 1 is 1.26 bits per heavy atom. The molecule has 3 aromatic rings. The van der Waals surface area contributed by atoms with Crippen LogP contribution in [0.4, 0.5) is 0 Å². The van der Waals surface area contributed by atoms with E-state index in [1.807, 2.05) is 30.3 Å². The van der Waals surface area contributed by atoms with Crippen LogP contribution in [0.15, 0.2) is 70.0 Å². The van der Waals surface area contributed by atoms with Gasteiger partial charge in [-0.1, -0.05) is 35.9 Å². The Labute approximate surface area is 210 Å². The van der Waals surface area contributed by atoms with Crippen LogP contribution >= 0.6 is 11.6 Å². The summed E-state index contributed by atoms with van der Waals surface area (Å²) in [7, 11) is -2.31. The molecule has 2 aromatic carbocycles. The van der Waals surface area contributed by atoms with E-state index in [9.17, 15) is 13.2 Å². The van der Waals surface area contributed by atoms with E-state index in [0.717, 1.165) is 17.5 Å². The summed E-state index contributed by atoms with van der Waals surface area (Å²) in [5.74, 6) is 0.352. The predicted octanol–water partition coefficient (Wildman–Crippen LogP) is 4.30. The topological polar surface area (TPSA) is 102 Å². The lowest BCUT2D eigenvalue weighted by molar-refractivity contribution is -0.140. The highest BCUT2D eigenvalue weighted by molar-refractivity contribution is 7.89. The average molecular weight is 518 g/mol. The maximum atomic E-state index is 12.9. The second-order valence-corrected chi connectivity index (χ2v) is 10.6. The summed E-state index contributed by atoms with van der Waals surface area (Å²) in [4.78, 5) is 18.2. The van der Waals surface area contributed by atoms with Crippen LogP contribution in [0.3, 0.4) is 0 Å². The number of rotatable bonds is 10. The molecule has 1 aromatic heterocycles. The van der Waals surface area contributed by atoms with Crippen molar-refractivity contribution in [3.63, 3.8) is 0 Å². The number of sulfonamides is 1. The summed E-state index contributed by atoms with van der Waals surface area (Å²) in [6.45, 7) is 0.952. The Bertz CT molecular complexity index is 1260. The van der Waals surface area contributed by atoms with Gasteiger partial charge in [-0.3, -0.25) is 9.69 Å². The molecule has 0 amide bonds. The van der Waals surface area contributed by atoms with Crippen molar-refractivity contribution < 1.29 is 22.4 Å². The van der Waals surface area contributed by atoms with Gasteiger partial charge in [-0.2, -0.15) is 0 Å². The fraction of sp³-hybridized carbons (Fsp3) is 0.360. The molecule has 8 nitrogen and oxygen atoms in total. The number of benzene rings is 2. The van der Waals surface area contributed by atoms with E-state index in [4.69, 9.17) is 16.0 Å². The first-order valence-electron chi connectivity index (χ1n) is 11.4. The van der Waals surface area contributed by atoms with E-state index >= 15 is 0 Å². The number of likely N-dealkylation sites (tertiary alicyclic amines) is 1. The summed E-state index contributed by atoms with van der Waals surface area (Å²) in [5.41, 5.74) is 1.51. The van der Waals surface area contributed by atoms with Gasteiger partial charge in [-0.05, 0) is 55.7 Å². The molecule has 2 heterocycles. The summed E-state index contributed by atoms with van der Waals surface area (Å²) < 4.78 is 39.2. The standard InChI is InChI=1S/C25H28ClN3O5S/c1-33-25(30)10-4-2-3-7-20-15-19(28-35(31,32)21-13-11-18(26)12-14-21)16-29(20)17-24-27-22-8-5-6-9-23(22)34-24/h3,5-9,11-14,19-20,28H,2,4,10,15-17H2,1H3/t19-,20-/m1/s1. The molecule has 0 aliphatic carbocycles. The van der Waals surface area contributed by atoms with Crippen LogP contribution in [0.25, 0.3) is 11.1 Å². The largest absolute Gasteiger partial charge is 0.469 e. The molecule has 0 unspecified atom stereocenters. The monoisotopic (exact) mass is 517 g/mol. The third-order valence-electron chi connectivity index (χ3n) is 5.91. The number of nitrogens with one attached hydrogen (secondary N) is 1. The molecule has 35 heavy (non-hydrogen) atoms. The Balaban J connectivity index is 1.46. The highest BCUT2D eigenvalue weighted by Crippen LogP contribution is 2.25. The zero-order valence-corrected chi connectivity index (χ0v) is 21.0. The van der Waals surface area contributed by atoms with Crippen molar-refractivity contribution in [3.05, 3.63) is 71.6 Å². The van der Waals surface area contributed by atoms with Crippen LogP contribution in [-0.4, -0.2) is 50.0 Å². The zero-order valence-electron chi connectivity index (χ0n) is 19.4. The van der Waals surface area contributed by atoms with Gasteiger partial charge >= 0.3 is 5.97 Å². The summed E-state index contributed by atoms with van der Waals surface area (Å²) in [6, 6.07) is 13.4. The van der Waals surface area contributed by atoms with Crippen molar-refractivity contribution in [2.24, 2.45) is 0 Å². The van der Waals surface area contributed by atoms with Crippen molar-refractivity contribution in [2.45, 2.75) is 49.2 Å². The number of oxazole rings is 1. The van der Waals surface area contributed by atoms with Crippen LogP contribution in [-0.2, 0) is 26.1 Å². The van der Waals surface area contributed by atoms with Gasteiger partial charge in [0.1, 0.15) is 5.52 Å². The fourth-order valence-corrected chi connectivity index (χ4v) is 5.55. The number of halogens is 1. The number of aromatic nitrogens is 1. The maximum Gasteiger partial charge on any atom is 0.305 e. The number of hydrogen-bond donors (Lipinski definition) is 1. The van der Waals surface area contributed by atoms with Crippen LogP contribution < -0.4 is 4.72 Å². The Hall–Kier alpha value is -2.72. The number of carbonyl (C=O) groups excluding carboxylic acids is 1. The number of unbranched alkanes of at least 4 members (excludes halogenated alkanes) is 1. The third-order valence-corrected chi connectivity index (χ3v) is 7.70. The van der Waals surface area contributed by atoms with E-state index < -0.39 is 10.0 Å². The van der Waals surface area contributed by atoms with Crippen molar-refractivity contribution in [2.75, 3.05) is 13.7 Å². The smallest absolute Gasteiger partial charge is 0.305 e. The van der Waals surface area contributed by atoms with Crippen LogP contribution in [0, 0.1) is 0 Å². The molecule has 1 saturated heterocycles. The predicted molar refractivity (Wildman–Crippen MR) is 133 cm³/mol. The quantitative estimate of drug-likeness (QED) is 0.243. The number of hydrogen-bond acceptors (Lipinski definition) is 7. The molecule has 1 aliphatic rings. The first kappa shape index (κ1) is 25.4. The van der Waals surface area contributed by atoms with Gasteiger partial charge in [0.15, 0.2) is 5.58 Å². The molecule has 0 radical (unpaired) electrons. The van der Waals surface area contributed by atoms with Crippen molar-refractivity contribution in [1.82, 2.24) is 14.6 Å². The number of para-hydroxylation sites is 2. The second-order valence-electron chi connectivity index (χ2n) is 8.48. The number of nitrogens with zero attached hydrogens (tertiary/aromatic N) is 2. The van der Waals surface area contributed by atoms with Gasteiger partial charge in [0.05, 0.1) is 18.6 Å². The van der Waals surface area contributed by atoms with Crippen molar-refractivity contribution in [1.29, 1.82) is 0 Å². The van der Waals surface area contributed by atoms with Crippen molar-refractivity contribution in [3.8, 4) is 0 Å². The van der Waals surface area contributed by atoms with Crippen molar-refractivity contribution >= 4 is 38.7 Å². The van der Waals surface area contributed by atoms with Gasteiger partial charge in [-0.15, -0.1) is 0 Å². The number of carbonyl (C=O) groups is 1. The molecule has 186 valence electrons. The number of fused-ring (bicyclic) bond motifs is 1. The lowest BCUT2D eigenvalue weighted by Gasteiger charge is -2.19.